The van der Waals surface area contributed by atoms with Gasteiger partial charge in [0.2, 0.25) is 0 Å². The molecule has 0 radical (unpaired) electrons. The molecule has 1 aromatic carbocycles. The van der Waals surface area contributed by atoms with Crippen LogP contribution >= 0.6 is 0 Å². The van der Waals surface area contributed by atoms with Crippen LogP contribution < -0.4 is 5.73 Å². The highest BCUT2D eigenvalue weighted by Crippen LogP contribution is 2.45. The van der Waals surface area contributed by atoms with E-state index >= 15 is 0 Å². The molecule has 1 amide bonds. The molecule has 142 valence electrons. The maximum absolute atomic E-state index is 13.0. The average Bonchev–Trinajstić information content (AvgIpc) is 3.01. The second-order valence-electron chi connectivity index (χ2n) is 9.27. The Hall–Kier alpha value is -1.59. The van der Waals surface area contributed by atoms with E-state index in [4.69, 9.17) is 10.2 Å². The molecule has 2 aliphatic heterocycles. The molecule has 4 nitrogen and oxygen atoms in total. The zero-order chi connectivity index (χ0) is 19.2. The van der Waals surface area contributed by atoms with Crippen LogP contribution in [0.1, 0.15) is 45.6 Å². The third-order valence-electron chi connectivity index (χ3n) is 6.53. The third-order valence-corrected chi connectivity index (χ3v) is 11.0. The Morgan fingerprint density at radius 3 is 2.50 bits per heavy atom. The molecule has 5 heteroatoms. The Morgan fingerprint density at radius 2 is 1.88 bits per heavy atom. The Bertz CT molecular complexity index is 721. The molecule has 0 spiro atoms. The first-order valence-corrected chi connectivity index (χ1v) is 12.5. The fourth-order valence-corrected chi connectivity index (χ4v) is 4.83. The second kappa shape index (κ2) is 6.53. The highest BCUT2D eigenvalue weighted by molar-refractivity contribution is 6.74. The number of nitrogens with zero attached hydrogens (tertiary/aromatic N) is 1. The lowest BCUT2D eigenvalue weighted by Gasteiger charge is -2.46. The van der Waals surface area contributed by atoms with E-state index < -0.39 is 8.32 Å². The Labute approximate surface area is 158 Å². The number of amides is 1. The Balaban J connectivity index is 1.92. The summed E-state index contributed by atoms with van der Waals surface area (Å²) in [5.74, 6) is -0.0218. The SMILES string of the molecule is CC(C)(C)[Si](C)(C)OC[C@]12CCCN1C(=O)C(N)=C(c1ccccc1)C2. The van der Waals surface area contributed by atoms with Gasteiger partial charge in [0.25, 0.3) is 5.91 Å². The average molecular weight is 373 g/mol. The van der Waals surface area contributed by atoms with E-state index in [2.05, 4.69) is 33.9 Å². The van der Waals surface area contributed by atoms with Gasteiger partial charge in [0.15, 0.2) is 8.32 Å². The summed E-state index contributed by atoms with van der Waals surface area (Å²) in [5, 5.41) is 0.156. The van der Waals surface area contributed by atoms with E-state index in [9.17, 15) is 4.79 Å². The maximum Gasteiger partial charge on any atom is 0.270 e. The molecule has 1 atom stereocenters. The zero-order valence-electron chi connectivity index (χ0n) is 16.8. The lowest BCUT2D eigenvalue weighted by molar-refractivity contribution is -0.133. The largest absolute Gasteiger partial charge is 0.414 e. The molecule has 26 heavy (non-hydrogen) atoms. The van der Waals surface area contributed by atoms with Gasteiger partial charge in [-0.25, -0.2) is 0 Å². The van der Waals surface area contributed by atoms with Crippen LogP contribution in [0.25, 0.3) is 5.57 Å². The monoisotopic (exact) mass is 372 g/mol. The van der Waals surface area contributed by atoms with Crippen LogP contribution in [0, 0.1) is 0 Å². The molecule has 0 unspecified atom stereocenters. The molecule has 2 aliphatic rings. The van der Waals surface area contributed by atoms with E-state index in [1.807, 2.05) is 35.2 Å². The van der Waals surface area contributed by atoms with Crippen LogP contribution in [-0.2, 0) is 9.22 Å². The normalized spacial score (nSPS) is 24.2. The number of fused-ring (bicyclic) bond motifs is 1. The fraction of sp³-hybridized carbons (Fsp3) is 0.571. The van der Waals surface area contributed by atoms with Crippen molar-refractivity contribution in [3.8, 4) is 0 Å². The zero-order valence-corrected chi connectivity index (χ0v) is 17.8. The van der Waals surface area contributed by atoms with Gasteiger partial charge < -0.3 is 15.1 Å². The number of carbonyl (C=O) groups excluding carboxylic acids is 1. The summed E-state index contributed by atoms with van der Waals surface area (Å²) in [6.45, 7) is 12.7. The summed E-state index contributed by atoms with van der Waals surface area (Å²) in [7, 11) is -1.88. The van der Waals surface area contributed by atoms with Gasteiger partial charge in [0.05, 0.1) is 12.1 Å². The minimum absolute atomic E-state index is 0.0218. The molecule has 1 aromatic rings. The first-order valence-electron chi connectivity index (χ1n) is 9.57. The van der Waals surface area contributed by atoms with Gasteiger partial charge in [0, 0.05) is 13.0 Å². The van der Waals surface area contributed by atoms with E-state index in [1.165, 1.54) is 0 Å². The van der Waals surface area contributed by atoms with Crippen molar-refractivity contribution in [2.45, 2.75) is 63.7 Å². The van der Waals surface area contributed by atoms with E-state index in [0.717, 1.165) is 36.9 Å². The highest BCUT2D eigenvalue weighted by Gasteiger charge is 2.50. The summed E-state index contributed by atoms with van der Waals surface area (Å²) in [6.07, 6.45) is 2.78. The maximum atomic E-state index is 13.0. The van der Waals surface area contributed by atoms with Crippen LogP contribution in [0.2, 0.25) is 18.1 Å². The van der Waals surface area contributed by atoms with Crippen molar-refractivity contribution < 1.29 is 9.22 Å². The van der Waals surface area contributed by atoms with Crippen LogP contribution in [0.3, 0.4) is 0 Å². The lowest BCUT2D eigenvalue weighted by atomic mass is 9.82. The van der Waals surface area contributed by atoms with Crippen LogP contribution in [-0.4, -0.2) is 37.8 Å². The van der Waals surface area contributed by atoms with E-state index in [-0.39, 0.29) is 16.5 Å². The Morgan fingerprint density at radius 1 is 1.23 bits per heavy atom. The number of hydrogen-bond acceptors (Lipinski definition) is 3. The first-order chi connectivity index (χ1) is 12.1. The van der Waals surface area contributed by atoms with E-state index in [1.54, 1.807) is 0 Å². The molecule has 2 heterocycles. The number of rotatable bonds is 4. The standard InChI is InChI=1S/C21H32N2O2Si/c1-20(2,3)26(4,5)25-15-21-12-9-13-23(21)19(24)18(22)17(14-21)16-10-7-6-8-11-16/h6-8,10-11H,9,12-15,22H2,1-5H3/t21-/m1/s1. The quantitative estimate of drug-likeness (QED) is 0.808. The minimum Gasteiger partial charge on any atom is -0.414 e. The van der Waals surface area contributed by atoms with Crippen molar-refractivity contribution in [1.29, 1.82) is 0 Å². The molecule has 0 saturated carbocycles. The molecule has 1 fully saturated rings. The molecule has 0 bridgehead atoms. The van der Waals surface area contributed by atoms with Gasteiger partial charge >= 0.3 is 0 Å². The minimum atomic E-state index is -1.88. The fourth-order valence-electron chi connectivity index (χ4n) is 3.77. The number of hydrogen-bond donors (Lipinski definition) is 1. The van der Waals surface area contributed by atoms with Gasteiger partial charge in [-0.05, 0) is 42.1 Å². The molecule has 2 N–H and O–H groups in total. The second-order valence-corrected chi connectivity index (χ2v) is 14.1. The van der Waals surface area contributed by atoms with Crippen LogP contribution in [0.15, 0.2) is 36.0 Å². The summed E-state index contributed by atoms with van der Waals surface area (Å²) < 4.78 is 6.59. The lowest BCUT2D eigenvalue weighted by Crippen LogP contribution is -2.57. The molecule has 1 saturated heterocycles. The first kappa shape index (κ1) is 19.2. The molecule has 0 aromatic heterocycles. The van der Waals surface area contributed by atoms with Gasteiger partial charge in [0.1, 0.15) is 5.70 Å². The van der Waals surface area contributed by atoms with Crippen molar-refractivity contribution in [2.75, 3.05) is 13.2 Å². The predicted molar refractivity (Wildman–Crippen MR) is 109 cm³/mol. The molecular weight excluding hydrogens is 340 g/mol. The molecular formula is C21H32N2O2Si. The summed E-state index contributed by atoms with van der Waals surface area (Å²) in [5.41, 5.74) is 8.46. The van der Waals surface area contributed by atoms with Crippen LogP contribution in [0.4, 0.5) is 0 Å². The number of benzene rings is 1. The van der Waals surface area contributed by atoms with Gasteiger partial charge in [-0.2, -0.15) is 0 Å². The van der Waals surface area contributed by atoms with Gasteiger partial charge in [-0.15, -0.1) is 0 Å². The Kier molecular flexibility index (Phi) is 4.82. The van der Waals surface area contributed by atoms with E-state index in [0.29, 0.717) is 12.3 Å². The van der Waals surface area contributed by atoms with Gasteiger partial charge in [-0.1, -0.05) is 51.1 Å². The van der Waals surface area contributed by atoms with Crippen molar-refractivity contribution >= 4 is 19.8 Å². The summed E-state index contributed by atoms with van der Waals surface area (Å²) in [4.78, 5) is 15.0. The van der Waals surface area contributed by atoms with Gasteiger partial charge in [-0.3, -0.25) is 4.79 Å². The highest BCUT2D eigenvalue weighted by atomic mass is 28.4. The van der Waals surface area contributed by atoms with Crippen molar-refractivity contribution in [1.82, 2.24) is 4.90 Å². The number of nitrogens with two attached hydrogens (primary N) is 1. The van der Waals surface area contributed by atoms with Crippen molar-refractivity contribution in [3.05, 3.63) is 41.6 Å². The number of carbonyl (C=O) groups is 1. The summed E-state index contributed by atoms with van der Waals surface area (Å²) >= 11 is 0. The topological polar surface area (TPSA) is 55.6 Å². The third kappa shape index (κ3) is 3.23. The predicted octanol–water partition coefficient (Wildman–Crippen LogP) is 4.14. The summed E-state index contributed by atoms with van der Waals surface area (Å²) in [6, 6.07) is 10.1. The molecule has 0 aliphatic carbocycles. The smallest absolute Gasteiger partial charge is 0.270 e. The van der Waals surface area contributed by atoms with Crippen LogP contribution in [0.5, 0.6) is 0 Å². The molecule has 3 rings (SSSR count). The van der Waals surface area contributed by atoms with Crippen molar-refractivity contribution in [2.24, 2.45) is 5.73 Å². The van der Waals surface area contributed by atoms with Crippen molar-refractivity contribution in [3.63, 3.8) is 0 Å².